The first-order valence-electron chi connectivity index (χ1n) is 5.53. The molecule has 0 saturated heterocycles. The van der Waals surface area contributed by atoms with Crippen LogP contribution in [-0.2, 0) is 6.54 Å². The van der Waals surface area contributed by atoms with Crippen LogP contribution >= 0.6 is 0 Å². The van der Waals surface area contributed by atoms with E-state index in [9.17, 15) is 0 Å². The monoisotopic (exact) mass is 249 g/mol. The Morgan fingerprint density at radius 2 is 1.83 bits per heavy atom. The van der Waals surface area contributed by atoms with Crippen LogP contribution in [0, 0.1) is 0 Å². The van der Waals surface area contributed by atoms with Gasteiger partial charge in [0.25, 0.3) is 0 Å². The van der Waals surface area contributed by atoms with E-state index in [1.807, 2.05) is 12.1 Å². The van der Waals surface area contributed by atoms with Crippen molar-refractivity contribution in [1.29, 1.82) is 0 Å². The first-order chi connectivity index (χ1) is 8.65. The average Bonchev–Trinajstić information content (AvgIpc) is 2.77. The second kappa shape index (κ2) is 7.18. The minimum absolute atomic E-state index is 0.598. The summed E-state index contributed by atoms with van der Waals surface area (Å²) < 4.78 is 6.63. The van der Waals surface area contributed by atoms with Crippen LogP contribution < -0.4 is 21.9 Å². The Bertz CT molecular complexity index is 452. The molecule has 0 radical (unpaired) electrons. The Morgan fingerprint density at radius 3 is 2.28 bits per heavy atom. The number of methoxy groups -OCH3 is 1. The fourth-order valence-corrected chi connectivity index (χ4v) is 1.24. The van der Waals surface area contributed by atoms with Gasteiger partial charge in [0.2, 0.25) is 0 Å². The molecule has 0 fully saturated rings. The molecule has 0 spiro atoms. The Kier molecular flexibility index (Phi) is 5.53. The van der Waals surface area contributed by atoms with Crippen LogP contribution in [0.15, 0.2) is 36.7 Å². The SMILES string of the molecule is COc1ccc(N)cc1.NCCn1cc(N)cn1. The van der Waals surface area contributed by atoms with Gasteiger partial charge in [0.15, 0.2) is 0 Å². The van der Waals surface area contributed by atoms with Gasteiger partial charge in [-0.05, 0) is 24.3 Å². The molecule has 0 aliphatic rings. The molecule has 0 saturated carbocycles. The summed E-state index contributed by atoms with van der Waals surface area (Å²) >= 11 is 0. The number of rotatable bonds is 3. The summed E-state index contributed by atoms with van der Waals surface area (Å²) in [5.41, 5.74) is 17.5. The summed E-state index contributed by atoms with van der Waals surface area (Å²) in [4.78, 5) is 0. The number of anilines is 2. The van der Waals surface area contributed by atoms with Gasteiger partial charge in [-0.15, -0.1) is 0 Å². The molecule has 1 aromatic carbocycles. The second-order valence-electron chi connectivity index (χ2n) is 3.60. The Labute approximate surface area is 106 Å². The number of aromatic nitrogens is 2. The molecule has 1 heterocycles. The van der Waals surface area contributed by atoms with Gasteiger partial charge in [0.05, 0.1) is 25.5 Å². The molecule has 6 heteroatoms. The zero-order valence-corrected chi connectivity index (χ0v) is 10.4. The van der Waals surface area contributed by atoms with Crippen molar-refractivity contribution in [3.63, 3.8) is 0 Å². The maximum atomic E-state index is 5.43. The Hall–Kier alpha value is -2.21. The molecular weight excluding hydrogens is 230 g/mol. The molecule has 2 aromatic rings. The number of ether oxygens (including phenoxy) is 1. The van der Waals surface area contributed by atoms with Gasteiger partial charge in [0.1, 0.15) is 5.75 Å². The topological polar surface area (TPSA) is 105 Å². The van der Waals surface area contributed by atoms with E-state index in [1.165, 1.54) is 0 Å². The maximum absolute atomic E-state index is 5.43. The van der Waals surface area contributed by atoms with Crippen LogP contribution in [0.25, 0.3) is 0 Å². The normalized spacial score (nSPS) is 9.44. The van der Waals surface area contributed by atoms with Crippen LogP contribution in [0.2, 0.25) is 0 Å². The molecule has 6 nitrogen and oxygen atoms in total. The smallest absolute Gasteiger partial charge is 0.119 e. The third-order valence-electron chi connectivity index (χ3n) is 2.13. The molecule has 0 aliphatic heterocycles. The average molecular weight is 249 g/mol. The third kappa shape index (κ3) is 4.75. The van der Waals surface area contributed by atoms with Gasteiger partial charge >= 0.3 is 0 Å². The van der Waals surface area contributed by atoms with Crippen molar-refractivity contribution in [2.75, 3.05) is 25.1 Å². The van der Waals surface area contributed by atoms with Crippen molar-refractivity contribution in [2.24, 2.45) is 5.73 Å². The number of benzene rings is 1. The summed E-state index contributed by atoms with van der Waals surface area (Å²) in [6.07, 6.45) is 3.36. The summed E-state index contributed by atoms with van der Waals surface area (Å²) in [6.45, 7) is 1.33. The van der Waals surface area contributed by atoms with E-state index in [4.69, 9.17) is 21.9 Å². The number of hydrogen-bond acceptors (Lipinski definition) is 5. The van der Waals surface area contributed by atoms with Crippen molar-refractivity contribution in [2.45, 2.75) is 6.54 Å². The van der Waals surface area contributed by atoms with Gasteiger partial charge < -0.3 is 21.9 Å². The molecule has 98 valence electrons. The van der Waals surface area contributed by atoms with Crippen LogP contribution in [-0.4, -0.2) is 23.4 Å². The summed E-state index contributed by atoms with van der Waals surface area (Å²) in [7, 11) is 1.63. The molecule has 0 unspecified atom stereocenters. The second-order valence-corrected chi connectivity index (χ2v) is 3.60. The standard InChI is InChI=1S/C7H9NO.C5H10N4/c1-9-7-4-2-6(8)3-5-7;6-1-2-9-4-5(7)3-8-9/h2-5H,8H2,1H3;3-4H,1-2,6-7H2. The predicted molar refractivity (Wildman–Crippen MR) is 73.1 cm³/mol. The van der Waals surface area contributed by atoms with Crippen molar-refractivity contribution in [3.05, 3.63) is 36.7 Å². The number of nitrogens with zero attached hydrogens (tertiary/aromatic N) is 2. The van der Waals surface area contributed by atoms with E-state index >= 15 is 0 Å². The molecular formula is C12H19N5O. The summed E-state index contributed by atoms with van der Waals surface area (Å²) in [5.74, 6) is 0.837. The lowest BCUT2D eigenvalue weighted by molar-refractivity contribution is 0.415. The van der Waals surface area contributed by atoms with Crippen molar-refractivity contribution >= 4 is 11.4 Å². The lowest BCUT2D eigenvalue weighted by Crippen LogP contribution is -2.09. The van der Waals surface area contributed by atoms with E-state index in [-0.39, 0.29) is 0 Å². The van der Waals surface area contributed by atoms with E-state index in [2.05, 4.69) is 5.10 Å². The number of nitrogen functional groups attached to an aromatic ring is 2. The van der Waals surface area contributed by atoms with Gasteiger partial charge in [-0.3, -0.25) is 4.68 Å². The van der Waals surface area contributed by atoms with Crippen LogP contribution in [0.3, 0.4) is 0 Å². The van der Waals surface area contributed by atoms with Gasteiger partial charge in [-0.1, -0.05) is 0 Å². The fourth-order valence-electron chi connectivity index (χ4n) is 1.24. The quantitative estimate of drug-likeness (QED) is 0.694. The molecule has 2 rings (SSSR count). The van der Waals surface area contributed by atoms with E-state index in [0.717, 1.165) is 18.0 Å². The zero-order chi connectivity index (χ0) is 13.4. The number of nitrogens with two attached hydrogens (primary N) is 3. The highest BCUT2D eigenvalue weighted by Gasteiger charge is 1.89. The number of hydrogen-bond donors (Lipinski definition) is 3. The molecule has 0 aliphatic carbocycles. The lowest BCUT2D eigenvalue weighted by atomic mass is 10.3. The Balaban J connectivity index is 0.000000180. The van der Waals surface area contributed by atoms with Gasteiger partial charge in [-0.25, -0.2) is 0 Å². The van der Waals surface area contributed by atoms with E-state index in [1.54, 1.807) is 36.3 Å². The molecule has 1 aromatic heterocycles. The molecule has 0 atom stereocenters. The highest BCUT2D eigenvalue weighted by molar-refractivity contribution is 5.41. The van der Waals surface area contributed by atoms with Gasteiger partial charge in [0, 0.05) is 18.4 Å². The minimum atomic E-state index is 0.598. The molecule has 0 amide bonds. The molecule has 6 N–H and O–H groups in total. The highest BCUT2D eigenvalue weighted by atomic mass is 16.5. The molecule has 18 heavy (non-hydrogen) atoms. The van der Waals surface area contributed by atoms with Gasteiger partial charge in [-0.2, -0.15) is 5.10 Å². The highest BCUT2D eigenvalue weighted by Crippen LogP contribution is 2.11. The first kappa shape index (κ1) is 13.9. The van der Waals surface area contributed by atoms with Crippen LogP contribution in [0.4, 0.5) is 11.4 Å². The summed E-state index contributed by atoms with van der Waals surface area (Å²) in [5, 5.41) is 3.92. The molecule has 0 bridgehead atoms. The zero-order valence-electron chi connectivity index (χ0n) is 10.4. The fraction of sp³-hybridized carbons (Fsp3) is 0.250. The largest absolute Gasteiger partial charge is 0.497 e. The summed E-state index contributed by atoms with van der Waals surface area (Å²) in [6, 6.07) is 7.27. The maximum Gasteiger partial charge on any atom is 0.119 e. The van der Waals surface area contributed by atoms with Crippen LogP contribution in [0.5, 0.6) is 5.75 Å². The lowest BCUT2D eigenvalue weighted by Gasteiger charge is -1.97. The Morgan fingerprint density at radius 1 is 1.17 bits per heavy atom. The minimum Gasteiger partial charge on any atom is -0.497 e. The van der Waals surface area contributed by atoms with Crippen molar-refractivity contribution in [3.8, 4) is 5.75 Å². The van der Waals surface area contributed by atoms with Crippen LogP contribution in [0.1, 0.15) is 0 Å². The third-order valence-corrected chi connectivity index (χ3v) is 2.13. The van der Waals surface area contributed by atoms with E-state index < -0.39 is 0 Å². The van der Waals surface area contributed by atoms with Crippen molar-refractivity contribution in [1.82, 2.24) is 9.78 Å². The first-order valence-corrected chi connectivity index (χ1v) is 5.53. The van der Waals surface area contributed by atoms with E-state index in [0.29, 0.717) is 12.2 Å². The van der Waals surface area contributed by atoms with Crippen molar-refractivity contribution < 1.29 is 4.74 Å². The predicted octanol–water partition coefficient (Wildman–Crippen LogP) is 0.701.